The molecular weight excluding hydrogens is 300 g/mol. The third-order valence-electron chi connectivity index (χ3n) is 4.97. The molecule has 1 aliphatic heterocycles. The molecule has 0 amide bonds. The minimum atomic E-state index is 0.323. The average Bonchev–Trinajstić information content (AvgIpc) is 2.86. The first-order chi connectivity index (χ1) is 10.7. The maximum Gasteiger partial charge on any atom is 0.209 e. The van der Waals surface area contributed by atoms with Crippen molar-refractivity contribution in [3.63, 3.8) is 0 Å². The van der Waals surface area contributed by atoms with Crippen LogP contribution in [0.2, 0.25) is 0 Å². The molecule has 6 nitrogen and oxygen atoms in total. The van der Waals surface area contributed by atoms with Crippen LogP contribution in [-0.2, 0) is 15.9 Å². The van der Waals surface area contributed by atoms with Crippen LogP contribution in [0.25, 0.3) is 0 Å². The first kappa shape index (κ1) is 16.1. The smallest absolute Gasteiger partial charge is 0.209 e. The Morgan fingerprint density at radius 2 is 2.23 bits per heavy atom. The third kappa shape index (κ3) is 3.26. The first-order valence-electron chi connectivity index (χ1n) is 8.18. The summed E-state index contributed by atoms with van der Waals surface area (Å²) in [7, 11) is 1.68. The summed E-state index contributed by atoms with van der Waals surface area (Å²) in [5.41, 5.74) is 0.323. The highest BCUT2D eigenvalue weighted by atomic mass is 32.2. The molecule has 2 heterocycles. The zero-order valence-electron chi connectivity index (χ0n) is 13.3. The molecule has 2 N–H and O–H groups in total. The predicted molar refractivity (Wildman–Crippen MR) is 86.4 cm³/mol. The van der Waals surface area contributed by atoms with E-state index >= 15 is 0 Å². The number of methoxy groups -OCH3 is 1. The van der Waals surface area contributed by atoms with Crippen molar-refractivity contribution in [2.45, 2.75) is 56.2 Å². The molecule has 7 heteroatoms. The average molecular weight is 326 g/mol. The fourth-order valence-electron chi connectivity index (χ4n) is 3.39. The predicted octanol–water partition coefficient (Wildman–Crippen LogP) is 2.01. The van der Waals surface area contributed by atoms with Crippen molar-refractivity contribution in [1.29, 1.82) is 0 Å². The molecule has 1 saturated carbocycles. The molecule has 3 rings (SSSR count). The Kier molecular flexibility index (Phi) is 5.25. The zero-order valence-corrected chi connectivity index (χ0v) is 14.1. The summed E-state index contributed by atoms with van der Waals surface area (Å²) in [6.07, 6.45) is 8.66. The molecule has 1 saturated heterocycles. The highest BCUT2D eigenvalue weighted by molar-refractivity contribution is 7.99. The molecule has 2 fully saturated rings. The van der Waals surface area contributed by atoms with Crippen molar-refractivity contribution >= 4 is 11.8 Å². The molecule has 1 aromatic heterocycles. The molecule has 2 aliphatic rings. The Morgan fingerprint density at radius 3 is 2.86 bits per heavy atom. The molecule has 124 valence electrons. The summed E-state index contributed by atoms with van der Waals surface area (Å²) in [5.74, 6) is 7.90. The molecule has 0 radical (unpaired) electrons. The van der Waals surface area contributed by atoms with Gasteiger partial charge in [0.25, 0.3) is 0 Å². The van der Waals surface area contributed by atoms with Crippen molar-refractivity contribution in [2.75, 3.05) is 31.9 Å². The molecule has 1 unspecified atom stereocenters. The van der Waals surface area contributed by atoms with Crippen LogP contribution in [-0.4, -0.2) is 47.1 Å². The Hall–Kier alpha value is -0.790. The van der Waals surface area contributed by atoms with Gasteiger partial charge >= 0.3 is 0 Å². The van der Waals surface area contributed by atoms with Gasteiger partial charge in [-0.2, -0.15) is 0 Å². The van der Waals surface area contributed by atoms with Gasteiger partial charge < -0.3 is 15.3 Å². The molecular formula is C15H26N4O2S. The van der Waals surface area contributed by atoms with E-state index in [1.54, 1.807) is 23.5 Å². The van der Waals surface area contributed by atoms with E-state index in [2.05, 4.69) is 10.2 Å². The number of thioether (sulfide) groups is 1. The second-order valence-electron chi connectivity index (χ2n) is 6.37. The second-order valence-corrected chi connectivity index (χ2v) is 7.31. The van der Waals surface area contributed by atoms with Crippen molar-refractivity contribution < 1.29 is 9.47 Å². The number of aromatic nitrogens is 3. The lowest BCUT2D eigenvalue weighted by Gasteiger charge is -2.48. The molecule has 1 aliphatic carbocycles. The quantitative estimate of drug-likeness (QED) is 0.610. The van der Waals surface area contributed by atoms with Gasteiger partial charge in [-0.05, 0) is 32.1 Å². The van der Waals surface area contributed by atoms with Crippen molar-refractivity contribution in [1.82, 2.24) is 14.9 Å². The molecule has 0 aromatic carbocycles. The highest BCUT2D eigenvalue weighted by Gasteiger charge is 2.45. The van der Waals surface area contributed by atoms with Crippen LogP contribution in [0.15, 0.2) is 5.16 Å². The fourth-order valence-corrected chi connectivity index (χ4v) is 4.63. The zero-order chi connectivity index (χ0) is 15.4. The number of nitrogen functional groups attached to an aromatic ring is 1. The van der Waals surface area contributed by atoms with E-state index < -0.39 is 0 Å². The lowest BCUT2D eigenvalue weighted by Crippen LogP contribution is -2.46. The van der Waals surface area contributed by atoms with E-state index in [0.717, 1.165) is 23.3 Å². The molecule has 1 aromatic rings. The van der Waals surface area contributed by atoms with Crippen molar-refractivity contribution in [3.05, 3.63) is 5.82 Å². The van der Waals surface area contributed by atoms with Crippen LogP contribution in [0.1, 0.15) is 44.3 Å². The van der Waals surface area contributed by atoms with Crippen LogP contribution in [0.4, 0.5) is 0 Å². The minimum absolute atomic E-state index is 0.323. The third-order valence-corrected chi connectivity index (χ3v) is 6.22. The summed E-state index contributed by atoms with van der Waals surface area (Å²) in [5, 5.41) is 9.20. The topological polar surface area (TPSA) is 75.2 Å². The Morgan fingerprint density at radius 1 is 1.36 bits per heavy atom. The SMILES string of the molecule is COCCc1nnc(SCC2(C3CCCCO3)CCC2)n1N. The van der Waals surface area contributed by atoms with Gasteiger partial charge in [0.1, 0.15) is 0 Å². The van der Waals surface area contributed by atoms with Crippen LogP contribution in [0, 0.1) is 5.41 Å². The number of hydrogen-bond acceptors (Lipinski definition) is 6. The standard InChI is InChI=1S/C15H26N4O2S/c1-20-10-6-13-17-18-14(19(13)16)22-11-15(7-4-8-15)12-5-2-3-9-21-12/h12H,2-11,16H2,1H3. The van der Waals surface area contributed by atoms with Gasteiger partial charge in [-0.15, -0.1) is 10.2 Å². The van der Waals surface area contributed by atoms with E-state index in [9.17, 15) is 0 Å². The van der Waals surface area contributed by atoms with Crippen LogP contribution in [0.5, 0.6) is 0 Å². The number of nitrogens with zero attached hydrogens (tertiary/aromatic N) is 3. The maximum atomic E-state index is 6.10. The van der Waals surface area contributed by atoms with E-state index in [1.807, 2.05) is 0 Å². The van der Waals surface area contributed by atoms with Crippen molar-refractivity contribution in [3.8, 4) is 0 Å². The van der Waals surface area contributed by atoms with E-state index in [4.69, 9.17) is 15.3 Å². The molecule has 0 bridgehead atoms. The Bertz CT molecular complexity index is 484. The maximum absolute atomic E-state index is 6.10. The largest absolute Gasteiger partial charge is 0.384 e. The number of nitrogens with two attached hydrogens (primary N) is 1. The van der Waals surface area contributed by atoms with Crippen LogP contribution in [0.3, 0.4) is 0 Å². The highest BCUT2D eigenvalue weighted by Crippen LogP contribution is 2.50. The molecule has 22 heavy (non-hydrogen) atoms. The van der Waals surface area contributed by atoms with Crippen molar-refractivity contribution in [2.24, 2.45) is 5.41 Å². The number of hydrogen-bond donors (Lipinski definition) is 1. The normalized spacial score (nSPS) is 24.1. The van der Waals surface area contributed by atoms with Crippen LogP contribution < -0.4 is 5.84 Å². The van der Waals surface area contributed by atoms with Gasteiger partial charge in [0, 0.05) is 31.3 Å². The van der Waals surface area contributed by atoms with Crippen LogP contribution >= 0.6 is 11.8 Å². The summed E-state index contributed by atoms with van der Waals surface area (Å²) < 4.78 is 12.7. The fraction of sp³-hybridized carbons (Fsp3) is 0.867. The first-order valence-corrected chi connectivity index (χ1v) is 9.16. The molecule has 0 spiro atoms. The van der Waals surface area contributed by atoms with Gasteiger partial charge in [-0.25, -0.2) is 4.68 Å². The summed E-state index contributed by atoms with van der Waals surface area (Å²) >= 11 is 1.72. The monoisotopic (exact) mass is 326 g/mol. The van der Waals surface area contributed by atoms with Gasteiger partial charge in [0.15, 0.2) is 5.82 Å². The Balaban J connectivity index is 1.60. The van der Waals surface area contributed by atoms with Gasteiger partial charge in [0.2, 0.25) is 5.16 Å². The van der Waals surface area contributed by atoms with E-state index in [0.29, 0.717) is 24.5 Å². The Labute approximate surface area is 136 Å². The second kappa shape index (κ2) is 7.19. The van der Waals surface area contributed by atoms with Gasteiger partial charge in [-0.1, -0.05) is 18.2 Å². The van der Waals surface area contributed by atoms with Gasteiger partial charge in [-0.3, -0.25) is 0 Å². The molecule has 1 atom stereocenters. The van der Waals surface area contributed by atoms with Gasteiger partial charge in [0.05, 0.1) is 12.7 Å². The van der Waals surface area contributed by atoms with E-state index in [-0.39, 0.29) is 0 Å². The number of ether oxygens (including phenoxy) is 2. The summed E-state index contributed by atoms with van der Waals surface area (Å²) in [6, 6.07) is 0. The van der Waals surface area contributed by atoms with E-state index in [1.165, 1.54) is 38.5 Å². The number of rotatable bonds is 7. The summed E-state index contributed by atoms with van der Waals surface area (Å²) in [6.45, 7) is 1.53. The summed E-state index contributed by atoms with van der Waals surface area (Å²) in [4.78, 5) is 0. The lowest BCUT2D eigenvalue weighted by atomic mass is 9.65. The minimum Gasteiger partial charge on any atom is -0.384 e. The lowest BCUT2D eigenvalue weighted by molar-refractivity contribution is -0.0917.